The van der Waals surface area contributed by atoms with E-state index in [-0.39, 0.29) is 11.9 Å². The van der Waals surface area contributed by atoms with Crippen molar-refractivity contribution in [2.45, 2.75) is 19.4 Å². The molecule has 0 spiro atoms. The molecule has 1 aliphatic rings. The summed E-state index contributed by atoms with van der Waals surface area (Å²) < 4.78 is 23.7. The monoisotopic (exact) mass is 384 g/mol. The third kappa shape index (κ3) is 3.61. The molecule has 4 rings (SSSR count). The minimum atomic E-state index is -0.437. The van der Waals surface area contributed by atoms with Crippen LogP contribution in [-0.4, -0.2) is 39.4 Å². The van der Waals surface area contributed by atoms with E-state index in [0.29, 0.717) is 48.6 Å². The van der Waals surface area contributed by atoms with Gasteiger partial charge >= 0.3 is 6.09 Å². The van der Waals surface area contributed by atoms with Crippen molar-refractivity contribution in [1.82, 2.24) is 20.1 Å². The Hall–Kier alpha value is -3.56. The van der Waals surface area contributed by atoms with Gasteiger partial charge in [0.05, 0.1) is 6.54 Å². The number of carbonyl (C=O) groups excluding carboxylic acids is 1. The molecule has 0 bridgehead atoms. The van der Waals surface area contributed by atoms with Crippen LogP contribution in [0.15, 0.2) is 41.1 Å². The lowest BCUT2D eigenvalue weighted by atomic mass is 10.2. The SMILES string of the molecule is CCC(Nc1nccc(N2CCOC2=O)n1)c1nc(-c2cccc(F)c2)no1. The molecule has 1 N–H and O–H groups in total. The second kappa shape index (κ2) is 7.59. The van der Waals surface area contributed by atoms with Crippen LogP contribution >= 0.6 is 0 Å². The van der Waals surface area contributed by atoms with E-state index in [1.165, 1.54) is 17.0 Å². The lowest BCUT2D eigenvalue weighted by Gasteiger charge is -2.15. The predicted octanol–water partition coefficient (Wildman–Crippen LogP) is 3.19. The fraction of sp³-hybridized carbons (Fsp3) is 0.278. The number of aromatic nitrogens is 4. The van der Waals surface area contributed by atoms with Crippen LogP contribution in [0.2, 0.25) is 0 Å². The highest BCUT2D eigenvalue weighted by Crippen LogP contribution is 2.24. The fourth-order valence-corrected chi connectivity index (χ4v) is 2.79. The molecule has 9 nitrogen and oxygen atoms in total. The Balaban J connectivity index is 1.53. The number of nitrogens with one attached hydrogen (secondary N) is 1. The normalized spacial score (nSPS) is 14.8. The van der Waals surface area contributed by atoms with Gasteiger partial charge in [-0.05, 0) is 24.6 Å². The summed E-state index contributed by atoms with van der Waals surface area (Å²) in [7, 11) is 0. The van der Waals surface area contributed by atoms with Crippen LogP contribution in [-0.2, 0) is 4.74 Å². The van der Waals surface area contributed by atoms with Crippen LogP contribution in [0.25, 0.3) is 11.4 Å². The van der Waals surface area contributed by atoms with Crippen molar-refractivity contribution in [3.05, 3.63) is 48.2 Å². The van der Waals surface area contributed by atoms with Gasteiger partial charge in [0.25, 0.3) is 0 Å². The average molecular weight is 384 g/mol. The summed E-state index contributed by atoms with van der Waals surface area (Å²) in [6.45, 7) is 2.70. The standard InChI is InChI=1S/C18H17FN6O3/c1-2-13(16-23-15(24-28-16)11-4-3-5-12(19)10-11)21-17-20-7-6-14(22-17)25-8-9-27-18(25)26/h3-7,10,13H,2,8-9H2,1H3,(H,20,21,22). The summed E-state index contributed by atoms with van der Waals surface area (Å²) in [4.78, 5) is 26.0. The van der Waals surface area contributed by atoms with Crippen LogP contribution in [0.5, 0.6) is 0 Å². The molecule has 3 aromatic rings. The predicted molar refractivity (Wildman–Crippen MR) is 97.1 cm³/mol. The number of ether oxygens (including phenoxy) is 1. The fourth-order valence-electron chi connectivity index (χ4n) is 2.79. The number of carbonyl (C=O) groups is 1. The van der Waals surface area contributed by atoms with E-state index < -0.39 is 6.09 Å². The van der Waals surface area contributed by atoms with E-state index in [1.54, 1.807) is 24.4 Å². The molecule has 1 aromatic carbocycles. The summed E-state index contributed by atoms with van der Waals surface area (Å²) in [5.41, 5.74) is 0.524. The number of cyclic esters (lactones) is 1. The van der Waals surface area contributed by atoms with E-state index in [2.05, 4.69) is 25.4 Å². The summed E-state index contributed by atoms with van der Waals surface area (Å²) in [5.74, 6) is 1.01. The summed E-state index contributed by atoms with van der Waals surface area (Å²) in [6.07, 6.45) is 1.73. The Morgan fingerprint density at radius 2 is 2.21 bits per heavy atom. The first-order chi connectivity index (χ1) is 13.6. The number of benzene rings is 1. The zero-order valence-corrected chi connectivity index (χ0v) is 15.0. The van der Waals surface area contributed by atoms with Crippen molar-refractivity contribution in [2.75, 3.05) is 23.4 Å². The molecule has 0 aliphatic carbocycles. The molecule has 1 saturated heterocycles. The molecule has 2 aromatic heterocycles. The molecule has 10 heteroatoms. The van der Waals surface area contributed by atoms with Crippen molar-refractivity contribution < 1.29 is 18.4 Å². The third-order valence-corrected chi connectivity index (χ3v) is 4.21. The first-order valence-electron chi connectivity index (χ1n) is 8.77. The quantitative estimate of drug-likeness (QED) is 0.691. The average Bonchev–Trinajstić information content (AvgIpc) is 3.36. The van der Waals surface area contributed by atoms with Gasteiger partial charge in [-0.2, -0.15) is 9.97 Å². The number of hydrogen-bond donors (Lipinski definition) is 1. The molecular formula is C18H17FN6O3. The zero-order chi connectivity index (χ0) is 19.5. The van der Waals surface area contributed by atoms with Crippen molar-refractivity contribution >= 4 is 17.9 Å². The van der Waals surface area contributed by atoms with E-state index in [9.17, 15) is 9.18 Å². The Kier molecular flexibility index (Phi) is 4.83. The lowest BCUT2D eigenvalue weighted by Crippen LogP contribution is -2.25. The smallest absolute Gasteiger partial charge is 0.415 e. The van der Waals surface area contributed by atoms with Crippen molar-refractivity contribution in [3.8, 4) is 11.4 Å². The van der Waals surface area contributed by atoms with Gasteiger partial charge in [-0.1, -0.05) is 24.2 Å². The first kappa shape index (κ1) is 17.8. The molecule has 3 heterocycles. The van der Waals surface area contributed by atoms with E-state index in [4.69, 9.17) is 9.26 Å². The van der Waals surface area contributed by atoms with Crippen LogP contribution in [0.3, 0.4) is 0 Å². The molecule has 1 aliphatic heterocycles. The summed E-state index contributed by atoms with van der Waals surface area (Å²) in [6, 6.07) is 7.25. The zero-order valence-electron chi connectivity index (χ0n) is 15.0. The van der Waals surface area contributed by atoms with Gasteiger partial charge in [-0.3, -0.25) is 4.90 Å². The molecule has 1 amide bonds. The number of anilines is 2. The Labute approximate surface area is 159 Å². The maximum Gasteiger partial charge on any atom is 0.415 e. The van der Waals surface area contributed by atoms with Crippen molar-refractivity contribution in [3.63, 3.8) is 0 Å². The van der Waals surface area contributed by atoms with Gasteiger partial charge < -0.3 is 14.6 Å². The van der Waals surface area contributed by atoms with E-state index >= 15 is 0 Å². The minimum absolute atomic E-state index is 0.296. The topological polar surface area (TPSA) is 106 Å². The Morgan fingerprint density at radius 3 is 2.96 bits per heavy atom. The van der Waals surface area contributed by atoms with E-state index in [0.717, 1.165) is 0 Å². The van der Waals surface area contributed by atoms with Crippen LogP contribution < -0.4 is 10.2 Å². The molecule has 0 radical (unpaired) electrons. The number of halogens is 1. The van der Waals surface area contributed by atoms with Crippen LogP contribution in [0.4, 0.5) is 21.0 Å². The number of rotatable bonds is 6. The molecular weight excluding hydrogens is 367 g/mol. The number of amides is 1. The van der Waals surface area contributed by atoms with Crippen molar-refractivity contribution in [1.29, 1.82) is 0 Å². The van der Waals surface area contributed by atoms with Crippen LogP contribution in [0.1, 0.15) is 25.3 Å². The molecule has 28 heavy (non-hydrogen) atoms. The van der Waals surface area contributed by atoms with Gasteiger partial charge in [-0.25, -0.2) is 14.2 Å². The van der Waals surface area contributed by atoms with Gasteiger partial charge in [0.1, 0.15) is 24.3 Å². The first-order valence-corrected chi connectivity index (χ1v) is 8.77. The highest BCUT2D eigenvalue weighted by molar-refractivity contribution is 5.88. The second-order valence-electron chi connectivity index (χ2n) is 6.08. The second-order valence-corrected chi connectivity index (χ2v) is 6.08. The minimum Gasteiger partial charge on any atom is -0.447 e. The summed E-state index contributed by atoms with van der Waals surface area (Å²) in [5, 5.41) is 7.05. The molecule has 144 valence electrons. The van der Waals surface area contributed by atoms with Gasteiger partial charge in [0.2, 0.25) is 17.7 Å². The van der Waals surface area contributed by atoms with Gasteiger partial charge in [-0.15, -0.1) is 0 Å². The highest BCUT2D eigenvalue weighted by Gasteiger charge is 2.25. The van der Waals surface area contributed by atoms with Crippen molar-refractivity contribution in [2.24, 2.45) is 0 Å². The van der Waals surface area contributed by atoms with Gasteiger partial charge in [0.15, 0.2) is 0 Å². The summed E-state index contributed by atoms with van der Waals surface area (Å²) >= 11 is 0. The lowest BCUT2D eigenvalue weighted by molar-refractivity contribution is 0.181. The largest absolute Gasteiger partial charge is 0.447 e. The molecule has 0 saturated carbocycles. The maximum absolute atomic E-state index is 13.4. The molecule has 1 fully saturated rings. The number of hydrogen-bond acceptors (Lipinski definition) is 8. The third-order valence-electron chi connectivity index (χ3n) is 4.21. The number of nitrogens with zero attached hydrogens (tertiary/aromatic N) is 5. The van der Waals surface area contributed by atoms with Gasteiger partial charge in [0, 0.05) is 11.8 Å². The van der Waals surface area contributed by atoms with E-state index in [1.807, 2.05) is 6.92 Å². The maximum atomic E-state index is 13.4. The van der Waals surface area contributed by atoms with Crippen LogP contribution in [0, 0.1) is 5.82 Å². The molecule has 1 unspecified atom stereocenters. The Bertz CT molecular complexity index is 995. The highest BCUT2D eigenvalue weighted by atomic mass is 19.1. The molecule has 1 atom stereocenters. The Morgan fingerprint density at radius 1 is 1.32 bits per heavy atom.